The second-order valence-electron chi connectivity index (χ2n) is 6.10. The zero-order valence-corrected chi connectivity index (χ0v) is 12.2. The van der Waals surface area contributed by atoms with Crippen molar-refractivity contribution < 1.29 is 4.74 Å². The molecule has 0 radical (unpaired) electrons. The fourth-order valence-electron chi connectivity index (χ4n) is 2.82. The van der Waals surface area contributed by atoms with Gasteiger partial charge in [0.05, 0.1) is 12.7 Å². The average Bonchev–Trinajstić information content (AvgIpc) is 2.29. The Balaban J connectivity index is 2.52. The van der Waals surface area contributed by atoms with Gasteiger partial charge in [0.15, 0.2) is 0 Å². The van der Waals surface area contributed by atoms with Crippen LogP contribution in [0.1, 0.15) is 66.2 Å². The second-order valence-corrected chi connectivity index (χ2v) is 6.10. The highest BCUT2D eigenvalue weighted by atomic mass is 16.5. The first kappa shape index (κ1) is 15.0. The summed E-state index contributed by atoms with van der Waals surface area (Å²) in [5, 5.41) is 3.71. The lowest BCUT2D eigenvalue weighted by Gasteiger charge is -2.41. The highest BCUT2D eigenvalue weighted by Gasteiger charge is 2.35. The predicted octanol–water partition coefficient (Wildman–Crippen LogP) is 3.75. The molecular weight excluding hydrogens is 210 g/mol. The molecule has 1 N–H and O–H groups in total. The molecule has 0 aromatic carbocycles. The van der Waals surface area contributed by atoms with Crippen molar-refractivity contribution in [2.75, 3.05) is 13.2 Å². The van der Waals surface area contributed by atoms with Crippen LogP contribution in [0.4, 0.5) is 0 Å². The van der Waals surface area contributed by atoms with E-state index in [1.165, 1.54) is 38.5 Å². The van der Waals surface area contributed by atoms with E-state index in [0.29, 0.717) is 17.6 Å². The Labute approximate surface area is 108 Å². The largest absolute Gasteiger partial charge is 0.377 e. The molecule has 0 aromatic rings. The number of hydrogen-bond acceptors (Lipinski definition) is 2. The molecule has 1 saturated carbocycles. The van der Waals surface area contributed by atoms with Crippen molar-refractivity contribution in [3.8, 4) is 0 Å². The zero-order valence-electron chi connectivity index (χ0n) is 12.2. The maximum atomic E-state index is 5.86. The summed E-state index contributed by atoms with van der Waals surface area (Å²) in [5.41, 5.74) is 0.447. The first-order valence-corrected chi connectivity index (χ1v) is 7.43. The van der Waals surface area contributed by atoms with Gasteiger partial charge in [-0.3, -0.25) is 0 Å². The van der Waals surface area contributed by atoms with Gasteiger partial charge in [-0.25, -0.2) is 0 Å². The van der Waals surface area contributed by atoms with Crippen molar-refractivity contribution in [2.24, 2.45) is 5.41 Å². The van der Waals surface area contributed by atoms with Gasteiger partial charge in [0.2, 0.25) is 0 Å². The molecule has 0 spiro atoms. The summed E-state index contributed by atoms with van der Waals surface area (Å²) in [5.74, 6) is 0. The Morgan fingerprint density at radius 1 is 1.18 bits per heavy atom. The van der Waals surface area contributed by atoms with E-state index in [1.807, 2.05) is 0 Å². The quantitative estimate of drug-likeness (QED) is 0.733. The monoisotopic (exact) mass is 241 g/mol. The summed E-state index contributed by atoms with van der Waals surface area (Å²) >= 11 is 0. The van der Waals surface area contributed by atoms with Crippen LogP contribution in [0.25, 0.3) is 0 Å². The highest BCUT2D eigenvalue weighted by molar-refractivity contribution is 4.90. The van der Waals surface area contributed by atoms with Crippen LogP contribution in [-0.2, 0) is 4.74 Å². The third kappa shape index (κ3) is 4.97. The lowest BCUT2D eigenvalue weighted by Crippen LogP contribution is -2.48. The fraction of sp³-hybridized carbons (Fsp3) is 1.00. The molecule has 1 aliphatic rings. The molecule has 1 fully saturated rings. The van der Waals surface area contributed by atoms with E-state index in [2.05, 4.69) is 33.0 Å². The summed E-state index contributed by atoms with van der Waals surface area (Å²) in [6, 6.07) is 0.533. The number of ether oxygens (including phenoxy) is 1. The Morgan fingerprint density at radius 2 is 1.82 bits per heavy atom. The van der Waals surface area contributed by atoms with Crippen LogP contribution in [0.2, 0.25) is 0 Å². The van der Waals surface area contributed by atoms with Crippen LogP contribution in [0.3, 0.4) is 0 Å². The van der Waals surface area contributed by atoms with E-state index in [4.69, 9.17) is 4.74 Å². The van der Waals surface area contributed by atoms with Crippen LogP contribution < -0.4 is 5.32 Å². The lowest BCUT2D eigenvalue weighted by atomic mass is 9.70. The molecule has 1 unspecified atom stereocenters. The lowest BCUT2D eigenvalue weighted by molar-refractivity contribution is 0.0155. The van der Waals surface area contributed by atoms with Crippen molar-refractivity contribution in [3.63, 3.8) is 0 Å². The molecule has 0 aromatic heterocycles. The summed E-state index contributed by atoms with van der Waals surface area (Å²) in [6.07, 6.45) is 8.46. The van der Waals surface area contributed by atoms with Gasteiger partial charge in [-0.05, 0) is 45.1 Å². The molecular formula is C15H31NO. The van der Waals surface area contributed by atoms with Gasteiger partial charge < -0.3 is 10.1 Å². The standard InChI is InChI=1S/C15H31NO/c1-5-11-16-14(12-17-13(2)3)15(4)9-7-6-8-10-15/h13-14,16H,5-12H2,1-4H3. The predicted molar refractivity (Wildman–Crippen MR) is 74.4 cm³/mol. The molecule has 1 atom stereocenters. The Morgan fingerprint density at radius 3 is 2.35 bits per heavy atom. The number of hydrogen-bond donors (Lipinski definition) is 1. The summed E-state index contributed by atoms with van der Waals surface area (Å²) in [6.45, 7) is 10.9. The van der Waals surface area contributed by atoms with Gasteiger partial charge in [0.1, 0.15) is 0 Å². The Kier molecular flexibility index (Phi) is 6.50. The van der Waals surface area contributed by atoms with Gasteiger partial charge in [-0.15, -0.1) is 0 Å². The first-order valence-electron chi connectivity index (χ1n) is 7.43. The Hall–Kier alpha value is -0.0800. The minimum Gasteiger partial charge on any atom is -0.377 e. The van der Waals surface area contributed by atoms with Gasteiger partial charge >= 0.3 is 0 Å². The van der Waals surface area contributed by atoms with Crippen molar-refractivity contribution in [3.05, 3.63) is 0 Å². The van der Waals surface area contributed by atoms with Crippen LogP contribution >= 0.6 is 0 Å². The smallest absolute Gasteiger partial charge is 0.0628 e. The van der Waals surface area contributed by atoms with E-state index < -0.39 is 0 Å². The molecule has 0 saturated heterocycles. The molecule has 1 rings (SSSR count). The van der Waals surface area contributed by atoms with E-state index in [9.17, 15) is 0 Å². The van der Waals surface area contributed by atoms with Crippen molar-refractivity contribution in [1.82, 2.24) is 5.32 Å². The third-order valence-electron chi connectivity index (χ3n) is 4.07. The van der Waals surface area contributed by atoms with Gasteiger partial charge in [0, 0.05) is 6.04 Å². The third-order valence-corrected chi connectivity index (χ3v) is 4.07. The fourth-order valence-corrected chi connectivity index (χ4v) is 2.82. The van der Waals surface area contributed by atoms with Crippen LogP contribution in [0, 0.1) is 5.41 Å². The molecule has 0 amide bonds. The maximum Gasteiger partial charge on any atom is 0.0628 e. The second kappa shape index (κ2) is 7.38. The molecule has 2 heteroatoms. The average molecular weight is 241 g/mol. The van der Waals surface area contributed by atoms with Gasteiger partial charge in [0.25, 0.3) is 0 Å². The number of rotatable bonds is 7. The minimum absolute atomic E-state index is 0.341. The topological polar surface area (TPSA) is 21.3 Å². The molecule has 0 heterocycles. The van der Waals surface area contributed by atoms with E-state index >= 15 is 0 Å². The van der Waals surface area contributed by atoms with E-state index in [1.54, 1.807) is 0 Å². The minimum atomic E-state index is 0.341. The molecule has 102 valence electrons. The maximum absolute atomic E-state index is 5.86. The summed E-state index contributed by atoms with van der Waals surface area (Å²) < 4.78 is 5.86. The Bertz CT molecular complexity index is 197. The van der Waals surface area contributed by atoms with Crippen molar-refractivity contribution >= 4 is 0 Å². The van der Waals surface area contributed by atoms with Crippen molar-refractivity contribution in [1.29, 1.82) is 0 Å². The number of nitrogens with one attached hydrogen (secondary N) is 1. The first-order chi connectivity index (χ1) is 8.08. The van der Waals surface area contributed by atoms with E-state index in [-0.39, 0.29) is 0 Å². The van der Waals surface area contributed by atoms with Crippen LogP contribution in [0.5, 0.6) is 0 Å². The van der Waals surface area contributed by atoms with Crippen LogP contribution in [0.15, 0.2) is 0 Å². The summed E-state index contributed by atoms with van der Waals surface area (Å²) in [4.78, 5) is 0. The molecule has 1 aliphatic carbocycles. The van der Waals surface area contributed by atoms with Crippen LogP contribution in [-0.4, -0.2) is 25.3 Å². The molecule has 17 heavy (non-hydrogen) atoms. The highest BCUT2D eigenvalue weighted by Crippen LogP contribution is 2.39. The SMILES string of the molecule is CCCNC(COC(C)C)C1(C)CCCCC1. The zero-order chi connectivity index (χ0) is 12.7. The van der Waals surface area contributed by atoms with Gasteiger partial charge in [-0.1, -0.05) is 33.1 Å². The summed E-state index contributed by atoms with van der Waals surface area (Å²) in [7, 11) is 0. The van der Waals surface area contributed by atoms with Crippen molar-refractivity contribution in [2.45, 2.75) is 78.4 Å². The van der Waals surface area contributed by atoms with E-state index in [0.717, 1.165) is 13.2 Å². The normalized spacial score (nSPS) is 21.7. The molecule has 0 bridgehead atoms. The van der Waals surface area contributed by atoms with Gasteiger partial charge in [-0.2, -0.15) is 0 Å². The molecule has 0 aliphatic heterocycles. The molecule has 2 nitrogen and oxygen atoms in total.